The van der Waals surface area contributed by atoms with Crippen molar-refractivity contribution in [3.63, 3.8) is 0 Å². The van der Waals surface area contributed by atoms with E-state index in [1.165, 1.54) is 18.3 Å². The Kier molecular flexibility index (Phi) is 4.13. The third-order valence-electron chi connectivity index (χ3n) is 2.21. The average molecular weight is 303 g/mol. The lowest BCUT2D eigenvalue weighted by atomic mass is 10.4. The van der Waals surface area contributed by atoms with Gasteiger partial charge in [-0.15, -0.1) is 0 Å². The Balaban J connectivity index is 2.01. The molecule has 19 heavy (non-hydrogen) atoms. The number of nitrogens with zero attached hydrogens (tertiary/aromatic N) is 3. The predicted octanol–water partition coefficient (Wildman–Crippen LogP) is 0.947. The number of sulfonamides is 1. The first-order chi connectivity index (χ1) is 8.99. The van der Waals surface area contributed by atoms with Crippen molar-refractivity contribution in [1.82, 2.24) is 19.8 Å². The SMILES string of the molecule is Cc1noc(CCNS(=O)(=O)c2cccnc2Cl)n1. The molecule has 102 valence electrons. The highest BCUT2D eigenvalue weighted by atomic mass is 35.5. The third kappa shape index (κ3) is 3.49. The molecule has 2 rings (SSSR count). The normalized spacial score (nSPS) is 11.7. The molecule has 2 heterocycles. The van der Waals surface area contributed by atoms with Crippen LogP contribution in [0, 0.1) is 6.92 Å². The molecule has 0 bridgehead atoms. The molecule has 0 amide bonds. The second-order valence-electron chi connectivity index (χ2n) is 3.68. The molecule has 0 spiro atoms. The average Bonchev–Trinajstić information content (AvgIpc) is 2.75. The van der Waals surface area contributed by atoms with E-state index in [9.17, 15) is 8.42 Å². The number of pyridine rings is 1. The van der Waals surface area contributed by atoms with Gasteiger partial charge in [-0.2, -0.15) is 4.98 Å². The zero-order valence-electron chi connectivity index (χ0n) is 10.00. The lowest BCUT2D eigenvalue weighted by Crippen LogP contribution is -2.26. The largest absolute Gasteiger partial charge is 0.339 e. The zero-order valence-corrected chi connectivity index (χ0v) is 11.6. The van der Waals surface area contributed by atoms with Crippen LogP contribution >= 0.6 is 11.6 Å². The van der Waals surface area contributed by atoms with Crippen LogP contribution < -0.4 is 4.72 Å². The molecule has 0 aromatic carbocycles. The monoisotopic (exact) mass is 302 g/mol. The summed E-state index contributed by atoms with van der Waals surface area (Å²) in [5.74, 6) is 0.880. The van der Waals surface area contributed by atoms with E-state index in [1.54, 1.807) is 6.92 Å². The number of aromatic nitrogens is 3. The molecule has 0 aliphatic carbocycles. The number of hydrogen-bond donors (Lipinski definition) is 1. The van der Waals surface area contributed by atoms with Crippen LogP contribution in [0.4, 0.5) is 0 Å². The van der Waals surface area contributed by atoms with Gasteiger partial charge in [0.05, 0.1) is 0 Å². The maximum atomic E-state index is 11.9. The molecular formula is C10H11ClN4O3S. The molecule has 2 aromatic heterocycles. The molecule has 0 unspecified atom stereocenters. The highest BCUT2D eigenvalue weighted by molar-refractivity contribution is 7.89. The number of halogens is 1. The summed E-state index contributed by atoms with van der Waals surface area (Å²) in [4.78, 5) is 7.63. The lowest BCUT2D eigenvalue weighted by molar-refractivity contribution is 0.375. The Bertz CT molecular complexity index is 671. The van der Waals surface area contributed by atoms with Crippen molar-refractivity contribution in [3.05, 3.63) is 35.2 Å². The van der Waals surface area contributed by atoms with E-state index in [4.69, 9.17) is 16.1 Å². The first-order valence-electron chi connectivity index (χ1n) is 5.38. The van der Waals surface area contributed by atoms with Crippen LogP contribution in [-0.2, 0) is 16.4 Å². The minimum absolute atomic E-state index is 0.0571. The molecule has 2 aromatic rings. The fourth-order valence-corrected chi connectivity index (χ4v) is 2.87. The summed E-state index contributed by atoms with van der Waals surface area (Å²) in [7, 11) is -3.69. The first-order valence-corrected chi connectivity index (χ1v) is 7.24. The zero-order chi connectivity index (χ0) is 13.9. The van der Waals surface area contributed by atoms with Crippen LogP contribution in [0.25, 0.3) is 0 Å². The van der Waals surface area contributed by atoms with Gasteiger partial charge >= 0.3 is 0 Å². The van der Waals surface area contributed by atoms with Gasteiger partial charge in [0.2, 0.25) is 15.9 Å². The van der Waals surface area contributed by atoms with Crippen molar-refractivity contribution in [3.8, 4) is 0 Å². The summed E-state index contributed by atoms with van der Waals surface area (Å²) < 4.78 is 31.2. The molecule has 1 N–H and O–H groups in total. The second kappa shape index (κ2) is 5.64. The van der Waals surface area contributed by atoms with Crippen molar-refractivity contribution in [2.45, 2.75) is 18.2 Å². The van der Waals surface area contributed by atoms with Crippen molar-refractivity contribution >= 4 is 21.6 Å². The summed E-state index contributed by atoms with van der Waals surface area (Å²) in [6, 6.07) is 2.89. The van der Waals surface area contributed by atoms with Crippen molar-refractivity contribution in [2.24, 2.45) is 0 Å². The van der Waals surface area contributed by atoms with Gasteiger partial charge < -0.3 is 4.52 Å². The summed E-state index contributed by atoms with van der Waals surface area (Å²) in [5.41, 5.74) is 0. The summed E-state index contributed by atoms with van der Waals surface area (Å²) >= 11 is 5.74. The van der Waals surface area contributed by atoms with Crippen LogP contribution in [0.5, 0.6) is 0 Å². The topological polar surface area (TPSA) is 98.0 Å². The van der Waals surface area contributed by atoms with Crippen LogP contribution in [0.1, 0.15) is 11.7 Å². The van der Waals surface area contributed by atoms with E-state index < -0.39 is 10.0 Å². The van der Waals surface area contributed by atoms with Gasteiger partial charge in [0.25, 0.3) is 0 Å². The van der Waals surface area contributed by atoms with E-state index in [-0.39, 0.29) is 16.6 Å². The molecular weight excluding hydrogens is 292 g/mol. The van der Waals surface area contributed by atoms with Crippen molar-refractivity contribution < 1.29 is 12.9 Å². The highest BCUT2D eigenvalue weighted by Gasteiger charge is 2.18. The number of rotatable bonds is 5. The molecule has 0 aliphatic heterocycles. The smallest absolute Gasteiger partial charge is 0.243 e. The summed E-state index contributed by atoms with van der Waals surface area (Å²) in [6.45, 7) is 1.82. The van der Waals surface area contributed by atoms with Gasteiger partial charge in [-0.25, -0.2) is 18.1 Å². The maximum absolute atomic E-state index is 11.9. The van der Waals surface area contributed by atoms with Crippen LogP contribution in [0.3, 0.4) is 0 Å². The Hall–Kier alpha value is -1.51. The second-order valence-corrected chi connectivity index (χ2v) is 5.77. The van der Waals surface area contributed by atoms with Crippen LogP contribution in [0.15, 0.2) is 27.7 Å². The fraction of sp³-hybridized carbons (Fsp3) is 0.300. The van der Waals surface area contributed by atoms with Crippen LogP contribution in [0.2, 0.25) is 5.15 Å². The van der Waals surface area contributed by atoms with Gasteiger partial charge in [0.15, 0.2) is 5.82 Å². The van der Waals surface area contributed by atoms with E-state index >= 15 is 0 Å². The number of hydrogen-bond acceptors (Lipinski definition) is 6. The third-order valence-corrected chi connectivity index (χ3v) is 4.12. The van der Waals surface area contributed by atoms with Crippen molar-refractivity contribution in [1.29, 1.82) is 0 Å². The van der Waals surface area contributed by atoms with E-state index in [2.05, 4.69) is 19.8 Å². The lowest BCUT2D eigenvalue weighted by Gasteiger charge is -2.06. The number of nitrogens with one attached hydrogen (secondary N) is 1. The molecule has 7 nitrogen and oxygen atoms in total. The van der Waals surface area contributed by atoms with Gasteiger partial charge in [-0.3, -0.25) is 0 Å². The highest BCUT2D eigenvalue weighted by Crippen LogP contribution is 2.17. The fourth-order valence-electron chi connectivity index (χ4n) is 1.38. The quantitative estimate of drug-likeness (QED) is 0.826. The Morgan fingerprint density at radius 2 is 2.26 bits per heavy atom. The molecule has 0 saturated heterocycles. The van der Waals surface area contributed by atoms with Gasteiger partial charge in [0, 0.05) is 19.2 Å². The first kappa shape index (κ1) is 13.9. The van der Waals surface area contributed by atoms with Crippen LogP contribution in [-0.4, -0.2) is 30.1 Å². The Morgan fingerprint density at radius 1 is 1.47 bits per heavy atom. The van der Waals surface area contributed by atoms with Crippen molar-refractivity contribution in [2.75, 3.05) is 6.54 Å². The van der Waals surface area contributed by atoms with Gasteiger partial charge in [-0.1, -0.05) is 16.8 Å². The molecule has 0 saturated carbocycles. The molecule has 9 heteroatoms. The molecule has 0 radical (unpaired) electrons. The summed E-state index contributed by atoms with van der Waals surface area (Å²) in [5, 5.41) is 3.54. The minimum atomic E-state index is -3.69. The maximum Gasteiger partial charge on any atom is 0.243 e. The van der Waals surface area contributed by atoms with Gasteiger partial charge in [-0.05, 0) is 19.1 Å². The molecule has 0 aliphatic rings. The molecule has 0 fully saturated rings. The standard InChI is InChI=1S/C10H11ClN4O3S/c1-7-14-9(18-15-7)4-6-13-19(16,17)8-3-2-5-12-10(8)11/h2-3,5,13H,4,6H2,1H3. The van der Waals surface area contributed by atoms with Gasteiger partial charge in [0.1, 0.15) is 10.0 Å². The number of aryl methyl sites for hydroxylation is 1. The minimum Gasteiger partial charge on any atom is -0.339 e. The van der Waals surface area contributed by atoms with E-state index in [0.29, 0.717) is 18.1 Å². The summed E-state index contributed by atoms with van der Waals surface area (Å²) in [6.07, 6.45) is 1.72. The molecule has 0 atom stereocenters. The Labute approximate surface area is 115 Å². The van der Waals surface area contributed by atoms with E-state index in [1.807, 2.05) is 0 Å². The Morgan fingerprint density at radius 3 is 2.89 bits per heavy atom. The van der Waals surface area contributed by atoms with E-state index in [0.717, 1.165) is 0 Å². The predicted molar refractivity (Wildman–Crippen MR) is 67.2 cm³/mol.